The summed E-state index contributed by atoms with van der Waals surface area (Å²) in [7, 11) is 1.46. The van der Waals surface area contributed by atoms with Gasteiger partial charge < -0.3 is 10.6 Å². The highest BCUT2D eigenvalue weighted by Gasteiger charge is 2.36. The zero-order valence-corrected chi connectivity index (χ0v) is 16.9. The van der Waals surface area contributed by atoms with Gasteiger partial charge in [0.05, 0.1) is 6.54 Å². The van der Waals surface area contributed by atoms with E-state index >= 15 is 0 Å². The molecule has 6 nitrogen and oxygen atoms in total. The Morgan fingerprint density at radius 3 is 2.65 bits per heavy atom. The number of hydrogen-bond acceptors (Lipinski definition) is 3. The number of nitrogens with one attached hydrogen (secondary N) is 2. The predicted octanol–water partition coefficient (Wildman–Crippen LogP) is 2.75. The van der Waals surface area contributed by atoms with E-state index in [1.807, 2.05) is 25.1 Å². The molecule has 144 valence electrons. The minimum atomic E-state index is -4.49. The monoisotopic (exact) mass is 482 g/mol. The number of aryl methyl sites for hydroxylation is 1. The van der Waals surface area contributed by atoms with E-state index < -0.39 is 11.9 Å². The van der Waals surface area contributed by atoms with Gasteiger partial charge in [-0.25, -0.2) is 4.99 Å². The van der Waals surface area contributed by atoms with Crippen molar-refractivity contribution in [3.05, 3.63) is 47.5 Å². The zero-order chi connectivity index (χ0) is 18.3. The van der Waals surface area contributed by atoms with E-state index in [1.165, 1.54) is 13.2 Å². The summed E-state index contributed by atoms with van der Waals surface area (Å²) in [5, 5.41) is 9.59. The number of pyridine rings is 1. The molecule has 0 spiro atoms. The molecule has 0 aliphatic heterocycles. The molecule has 10 heteroatoms. The van der Waals surface area contributed by atoms with Crippen LogP contribution in [0, 0.1) is 0 Å². The first-order chi connectivity index (χ1) is 11.9. The second-order valence-corrected chi connectivity index (χ2v) is 5.37. The third-order valence-electron chi connectivity index (χ3n) is 3.32. The SMILES string of the molecule is CCNC(=NCc1cn(C)nc1C(F)(F)F)NCCc1ccccn1.I. The number of halogens is 4. The molecule has 0 aliphatic rings. The van der Waals surface area contributed by atoms with Crippen LogP contribution in [0.1, 0.15) is 23.9 Å². The number of rotatable bonds is 6. The number of hydrogen-bond donors (Lipinski definition) is 2. The summed E-state index contributed by atoms with van der Waals surface area (Å²) in [5.41, 5.74) is 0.0671. The molecular weight excluding hydrogens is 460 g/mol. The number of nitrogens with zero attached hydrogens (tertiary/aromatic N) is 4. The van der Waals surface area contributed by atoms with Gasteiger partial charge in [-0.3, -0.25) is 9.67 Å². The first-order valence-corrected chi connectivity index (χ1v) is 7.92. The van der Waals surface area contributed by atoms with Gasteiger partial charge in [0.15, 0.2) is 11.7 Å². The van der Waals surface area contributed by atoms with Crippen molar-refractivity contribution in [3.8, 4) is 0 Å². The van der Waals surface area contributed by atoms with Gasteiger partial charge in [0.2, 0.25) is 0 Å². The fraction of sp³-hybridized carbons (Fsp3) is 0.438. The molecule has 2 rings (SSSR count). The molecule has 2 aromatic heterocycles. The normalized spacial score (nSPS) is 11.8. The van der Waals surface area contributed by atoms with Crippen molar-refractivity contribution in [2.24, 2.45) is 12.0 Å². The molecule has 26 heavy (non-hydrogen) atoms. The summed E-state index contributed by atoms with van der Waals surface area (Å²) in [4.78, 5) is 8.44. The van der Waals surface area contributed by atoms with Crippen LogP contribution in [-0.4, -0.2) is 33.8 Å². The third-order valence-corrected chi connectivity index (χ3v) is 3.32. The van der Waals surface area contributed by atoms with E-state index in [-0.39, 0.29) is 36.1 Å². The van der Waals surface area contributed by atoms with E-state index in [0.29, 0.717) is 25.5 Å². The topological polar surface area (TPSA) is 67.1 Å². The van der Waals surface area contributed by atoms with Crippen molar-refractivity contribution in [2.45, 2.75) is 26.1 Å². The van der Waals surface area contributed by atoms with Crippen LogP contribution in [0.15, 0.2) is 35.6 Å². The van der Waals surface area contributed by atoms with Crippen molar-refractivity contribution in [2.75, 3.05) is 13.1 Å². The average Bonchev–Trinajstić information content (AvgIpc) is 2.95. The highest BCUT2D eigenvalue weighted by atomic mass is 127. The van der Waals surface area contributed by atoms with Crippen LogP contribution < -0.4 is 10.6 Å². The Hall–Kier alpha value is -1.85. The molecule has 2 N–H and O–H groups in total. The standard InChI is InChI=1S/C16H21F3N6.HI/c1-3-20-15(22-9-7-13-6-4-5-8-21-13)23-10-12-11-25(2)24-14(12)16(17,18)19;/h4-6,8,11H,3,7,9-10H2,1-2H3,(H2,20,22,23);1H. The maximum atomic E-state index is 13.0. The van der Waals surface area contributed by atoms with Gasteiger partial charge in [-0.1, -0.05) is 6.07 Å². The molecule has 0 bridgehead atoms. The lowest BCUT2D eigenvalue weighted by molar-refractivity contribution is -0.142. The van der Waals surface area contributed by atoms with Gasteiger partial charge in [-0.05, 0) is 19.1 Å². The smallest absolute Gasteiger partial charge is 0.357 e. The molecule has 0 fully saturated rings. The summed E-state index contributed by atoms with van der Waals surface area (Å²) in [6, 6.07) is 5.66. The number of aliphatic imine (C=N–C) groups is 1. The van der Waals surface area contributed by atoms with Crippen molar-refractivity contribution in [1.82, 2.24) is 25.4 Å². The van der Waals surface area contributed by atoms with Crippen LogP contribution in [-0.2, 0) is 26.2 Å². The predicted molar refractivity (Wildman–Crippen MR) is 104 cm³/mol. The molecule has 2 heterocycles. The van der Waals surface area contributed by atoms with Crippen molar-refractivity contribution in [3.63, 3.8) is 0 Å². The van der Waals surface area contributed by atoms with E-state index in [1.54, 1.807) is 6.20 Å². The Labute approximate surface area is 167 Å². The summed E-state index contributed by atoms with van der Waals surface area (Å²) < 4.78 is 40.0. The third kappa shape index (κ3) is 6.81. The second-order valence-electron chi connectivity index (χ2n) is 5.37. The average molecular weight is 482 g/mol. The van der Waals surface area contributed by atoms with Crippen LogP contribution in [0.4, 0.5) is 13.2 Å². The Morgan fingerprint density at radius 1 is 1.27 bits per heavy atom. The zero-order valence-electron chi connectivity index (χ0n) is 14.5. The second kappa shape index (κ2) is 10.3. The molecule has 0 aliphatic carbocycles. The molecule has 0 radical (unpaired) electrons. The van der Waals surface area contributed by atoms with Gasteiger partial charge in [-0.15, -0.1) is 24.0 Å². The van der Waals surface area contributed by atoms with Crippen LogP contribution in [0.25, 0.3) is 0 Å². The van der Waals surface area contributed by atoms with Crippen LogP contribution in [0.5, 0.6) is 0 Å². The lowest BCUT2D eigenvalue weighted by Crippen LogP contribution is -2.38. The van der Waals surface area contributed by atoms with E-state index in [2.05, 4.69) is 25.7 Å². The van der Waals surface area contributed by atoms with E-state index in [0.717, 1.165) is 10.4 Å². The number of alkyl halides is 3. The van der Waals surface area contributed by atoms with Crippen LogP contribution in [0.2, 0.25) is 0 Å². The first kappa shape index (κ1) is 22.2. The molecule has 0 saturated heterocycles. The first-order valence-electron chi connectivity index (χ1n) is 7.92. The fourth-order valence-corrected chi connectivity index (χ4v) is 2.25. The maximum Gasteiger partial charge on any atom is 0.435 e. The van der Waals surface area contributed by atoms with Crippen molar-refractivity contribution >= 4 is 29.9 Å². The van der Waals surface area contributed by atoms with Crippen LogP contribution >= 0.6 is 24.0 Å². The quantitative estimate of drug-likeness (QED) is 0.378. The molecule has 0 unspecified atom stereocenters. The van der Waals surface area contributed by atoms with Gasteiger partial charge >= 0.3 is 6.18 Å². The molecule has 0 amide bonds. The summed E-state index contributed by atoms with van der Waals surface area (Å²) in [6.07, 6.45) is -0.748. The maximum absolute atomic E-state index is 13.0. The van der Waals surface area contributed by atoms with Crippen LogP contribution in [0.3, 0.4) is 0 Å². The Kier molecular flexibility index (Phi) is 8.82. The highest BCUT2D eigenvalue weighted by molar-refractivity contribution is 14.0. The van der Waals surface area contributed by atoms with Crippen molar-refractivity contribution < 1.29 is 13.2 Å². The minimum absolute atomic E-state index is 0. The molecule has 0 saturated carbocycles. The van der Waals surface area contributed by atoms with E-state index in [4.69, 9.17) is 0 Å². The summed E-state index contributed by atoms with van der Waals surface area (Å²) in [6.45, 7) is 2.96. The van der Waals surface area contributed by atoms with Gasteiger partial charge in [0.25, 0.3) is 0 Å². The Morgan fingerprint density at radius 2 is 2.04 bits per heavy atom. The van der Waals surface area contributed by atoms with Gasteiger partial charge in [0.1, 0.15) is 0 Å². The van der Waals surface area contributed by atoms with Gasteiger partial charge in [0, 0.05) is 50.2 Å². The summed E-state index contributed by atoms with van der Waals surface area (Å²) >= 11 is 0. The number of aromatic nitrogens is 3. The van der Waals surface area contributed by atoms with Gasteiger partial charge in [-0.2, -0.15) is 18.3 Å². The van der Waals surface area contributed by atoms with E-state index in [9.17, 15) is 13.2 Å². The summed E-state index contributed by atoms with van der Waals surface area (Å²) in [5.74, 6) is 0.454. The molecule has 2 aromatic rings. The molecule has 0 aromatic carbocycles. The molecular formula is C16H22F3IN6. The lowest BCUT2D eigenvalue weighted by atomic mass is 10.2. The Bertz CT molecular complexity index is 700. The Balaban J connectivity index is 0.00000338. The largest absolute Gasteiger partial charge is 0.435 e. The highest BCUT2D eigenvalue weighted by Crippen LogP contribution is 2.30. The lowest BCUT2D eigenvalue weighted by Gasteiger charge is -2.11. The molecule has 0 atom stereocenters. The van der Waals surface area contributed by atoms with Crippen molar-refractivity contribution in [1.29, 1.82) is 0 Å². The minimum Gasteiger partial charge on any atom is -0.357 e. The number of guanidine groups is 1. The fourth-order valence-electron chi connectivity index (χ4n) is 2.25.